The monoisotopic (exact) mass is 601 g/mol. The first kappa shape index (κ1) is 23.1. The third-order valence-electron chi connectivity index (χ3n) is 6.17. The SMILES string of the molecule is [Cl-].[Cl-].[S]=[Zr+2]([c]1c(Br)ccc2c1Cc1ccncc1-2)[CH]1c2ccccc2-c2ccccc21. The summed E-state index contributed by atoms with van der Waals surface area (Å²) in [5.74, 6) is 0. The van der Waals surface area contributed by atoms with Gasteiger partial charge in [0.1, 0.15) is 0 Å². The van der Waals surface area contributed by atoms with Gasteiger partial charge in [0, 0.05) is 0 Å². The third kappa shape index (κ3) is 3.56. The van der Waals surface area contributed by atoms with E-state index >= 15 is 0 Å². The van der Waals surface area contributed by atoms with E-state index in [1.54, 1.807) is 0 Å². The van der Waals surface area contributed by atoms with Gasteiger partial charge in [-0.3, -0.25) is 0 Å². The molecular weight excluding hydrogens is 588 g/mol. The maximum absolute atomic E-state index is 6.51. The Bertz CT molecular complexity index is 1300. The molecular formula is C25H16BrCl2NSZr. The van der Waals surface area contributed by atoms with Crippen LogP contribution < -0.4 is 28.1 Å². The number of benzene rings is 3. The number of fused-ring (bicyclic) bond motifs is 6. The molecule has 0 unspecified atom stereocenters. The van der Waals surface area contributed by atoms with Crippen molar-refractivity contribution in [2.24, 2.45) is 0 Å². The van der Waals surface area contributed by atoms with Crippen LogP contribution in [-0.4, -0.2) is 4.98 Å². The molecule has 0 saturated heterocycles. The number of halogens is 3. The van der Waals surface area contributed by atoms with Crippen molar-refractivity contribution in [1.29, 1.82) is 0 Å². The predicted molar refractivity (Wildman–Crippen MR) is 121 cm³/mol. The van der Waals surface area contributed by atoms with E-state index in [4.69, 9.17) is 8.86 Å². The summed E-state index contributed by atoms with van der Waals surface area (Å²) in [5, 5.41) is 0. The minimum absolute atomic E-state index is 0. The molecule has 0 aliphatic heterocycles. The number of hydrogen-bond acceptors (Lipinski definition) is 2. The number of pyridine rings is 1. The average molecular weight is 605 g/mol. The summed E-state index contributed by atoms with van der Waals surface area (Å²) < 4.78 is 3.03. The van der Waals surface area contributed by atoms with E-state index in [0.29, 0.717) is 3.63 Å². The molecule has 0 N–H and O–H groups in total. The summed E-state index contributed by atoms with van der Waals surface area (Å²) in [5.41, 5.74) is 11.0. The normalized spacial score (nSPS) is 12.4. The second-order valence-corrected chi connectivity index (χ2v) is 15.5. The van der Waals surface area contributed by atoms with Crippen LogP contribution in [0.1, 0.15) is 25.9 Å². The molecule has 4 aromatic rings. The summed E-state index contributed by atoms with van der Waals surface area (Å²) >= 11 is 1.38. The second kappa shape index (κ2) is 9.08. The molecule has 2 aliphatic carbocycles. The Kier molecular flexibility index (Phi) is 6.78. The van der Waals surface area contributed by atoms with E-state index in [2.05, 4.69) is 87.6 Å². The number of rotatable bonds is 2. The van der Waals surface area contributed by atoms with E-state index in [9.17, 15) is 0 Å². The molecule has 152 valence electrons. The molecule has 1 nitrogen and oxygen atoms in total. The molecule has 1 heterocycles. The number of nitrogens with zero attached hydrogens (tertiary/aromatic N) is 1. The fourth-order valence-corrected chi connectivity index (χ4v) is 15.6. The summed E-state index contributed by atoms with van der Waals surface area (Å²) in [6.07, 6.45) is 4.88. The fraction of sp³-hybridized carbons (Fsp3) is 0.0800. The van der Waals surface area contributed by atoms with Crippen LogP contribution in [0.15, 0.2) is 83.6 Å². The molecule has 0 fully saturated rings. The van der Waals surface area contributed by atoms with Crippen LogP contribution in [0.5, 0.6) is 0 Å². The van der Waals surface area contributed by atoms with Crippen molar-refractivity contribution >= 4 is 28.1 Å². The topological polar surface area (TPSA) is 12.9 Å². The maximum atomic E-state index is 6.51. The molecule has 0 atom stereocenters. The molecule has 0 bridgehead atoms. The Morgan fingerprint density at radius 2 is 1.45 bits per heavy atom. The van der Waals surface area contributed by atoms with Crippen molar-refractivity contribution in [3.8, 4) is 22.3 Å². The molecule has 6 heteroatoms. The van der Waals surface area contributed by atoms with Gasteiger partial charge in [-0.1, -0.05) is 0 Å². The van der Waals surface area contributed by atoms with E-state index in [1.807, 2.05) is 12.4 Å². The van der Waals surface area contributed by atoms with Crippen molar-refractivity contribution in [2.75, 3.05) is 0 Å². The Labute approximate surface area is 213 Å². The average Bonchev–Trinajstić information content (AvgIpc) is 3.29. The molecule has 3 aromatic carbocycles. The number of aromatic nitrogens is 1. The van der Waals surface area contributed by atoms with Crippen LogP contribution in [0.25, 0.3) is 22.3 Å². The van der Waals surface area contributed by atoms with E-state index in [0.717, 1.165) is 6.42 Å². The van der Waals surface area contributed by atoms with E-state index in [-0.39, 0.29) is 24.8 Å². The van der Waals surface area contributed by atoms with Gasteiger partial charge in [0.25, 0.3) is 0 Å². The molecule has 0 amide bonds. The molecule has 1 aromatic heterocycles. The first-order valence-corrected chi connectivity index (χ1v) is 16.6. The van der Waals surface area contributed by atoms with Crippen molar-refractivity contribution < 1.29 is 44.5 Å². The van der Waals surface area contributed by atoms with Gasteiger partial charge in [-0.05, 0) is 0 Å². The van der Waals surface area contributed by atoms with Crippen molar-refractivity contribution in [1.82, 2.24) is 4.98 Å². The summed E-state index contributed by atoms with van der Waals surface area (Å²) in [6, 6.07) is 24.3. The molecule has 0 saturated carbocycles. The second-order valence-electron chi connectivity index (χ2n) is 7.63. The van der Waals surface area contributed by atoms with Crippen LogP contribution in [0.3, 0.4) is 0 Å². The van der Waals surface area contributed by atoms with Gasteiger partial charge >= 0.3 is 191 Å². The number of hydrogen-bond donors (Lipinski definition) is 0. The first-order valence-electron chi connectivity index (χ1n) is 9.71. The standard InChI is InChI=1S/C13H9.C12H7BrN.2ClH.S.Zr/c1-3-7-12-10(5-1)9-11-6-2-4-8-13(11)12;13-10-1-2-11-9(6-10)5-8-3-4-14-7-12(8)11;;;;/h1-9H;1-4,7H,5H2;2*1H;;/q;;;;;+2/p-2. The zero-order valence-electron chi connectivity index (χ0n) is 16.3. The van der Waals surface area contributed by atoms with Crippen LogP contribution in [0.2, 0.25) is 0 Å². The molecule has 0 radical (unpaired) electrons. The molecule has 6 rings (SSSR count). The van der Waals surface area contributed by atoms with Gasteiger partial charge in [0.2, 0.25) is 0 Å². The summed E-state index contributed by atoms with van der Waals surface area (Å²) in [4.78, 5) is 4.37. The van der Waals surface area contributed by atoms with Crippen LogP contribution >= 0.6 is 24.8 Å². The molecule has 0 spiro atoms. The van der Waals surface area contributed by atoms with Gasteiger partial charge in [-0.25, -0.2) is 0 Å². The summed E-state index contributed by atoms with van der Waals surface area (Å²) in [7, 11) is 6.51. The minimum atomic E-state index is -2.51. The Balaban J connectivity index is 0.00000116. The van der Waals surface area contributed by atoms with E-state index < -0.39 is 19.7 Å². The zero-order valence-corrected chi connectivity index (χ0v) is 22.7. The zero-order chi connectivity index (χ0) is 19.5. The van der Waals surface area contributed by atoms with Crippen LogP contribution in [-0.2, 0) is 26.1 Å². The summed E-state index contributed by atoms with van der Waals surface area (Å²) in [6.45, 7) is 0. The van der Waals surface area contributed by atoms with Gasteiger partial charge in [0.05, 0.1) is 0 Å². The fourth-order valence-electron chi connectivity index (χ4n) is 4.91. The van der Waals surface area contributed by atoms with Gasteiger partial charge in [-0.15, -0.1) is 0 Å². The van der Waals surface area contributed by atoms with Crippen molar-refractivity contribution in [2.45, 2.75) is 10.0 Å². The molecule has 2 aliphatic rings. The van der Waals surface area contributed by atoms with Gasteiger partial charge < -0.3 is 24.8 Å². The Morgan fingerprint density at radius 1 is 0.806 bits per heavy atom. The Morgan fingerprint density at radius 3 is 2.13 bits per heavy atom. The molecule has 31 heavy (non-hydrogen) atoms. The predicted octanol–water partition coefficient (Wildman–Crippen LogP) is 0.549. The Hall–Kier alpha value is -1.03. The van der Waals surface area contributed by atoms with Crippen molar-refractivity contribution in [3.63, 3.8) is 0 Å². The first-order chi connectivity index (χ1) is 14.2. The quantitative estimate of drug-likeness (QED) is 0.292. The van der Waals surface area contributed by atoms with Gasteiger partial charge in [-0.2, -0.15) is 0 Å². The van der Waals surface area contributed by atoms with E-state index in [1.165, 1.54) is 52.3 Å². The van der Waals surface area contributed by atoms with Crippen LogP contribution in [0.4, 0.5) is 0 Å². The van der Waals surface area contributed by atoms with Crippen LogP contribution in [0, 0.1) is 0 Å². The van der Waals surface area contributed by atoms with Crippen molar-refractivity contribution in [3.05, 3.63) is 106 Å². The van der Waals surface area contributed by atoms with Gasteiger partial charge in [0.15, 0.2) is 0 Å². The third-order valence-corrected chi connectivity index (χ3v) is 15.8.